The van der Waals surface area contributed by atoms with E-state index in [0.717, 1.165) is 13.1 Å². The van der Waals surface area contributed by atoms with Crippen molar-refractivity contribution in [1.29, 1.82) is 0 Å². The Labute approximate surface area is 115 Å². The first-order valence-electron chi connectivity index (χ1n) is 7.34. The van der Waals surface area contributed by atoms with E-state index in [-0.39, 0.29) is 0 Å². The summed E-state index contributed by atoms with van der Waals surface area (Å²) in [6, 6.07) is 9.28. The van der Waals surface area contributed by atoms with Crippen LogP contribution < -0.4 is 5.32 Å². The molecule has 0 aliphatic carbocycles. The Kier molecular flexibility index (Phi) is 3.85. The summed E-state index contributed by atoms with van der Waals surface area (Å²) >= 11 is 0. The van der Waals surface area contributed by atoms with E-state index < -0.39 is 0 Å². The van der Waals surface area contributed by atoms with Crippen LogP contribution in [0.2, 0.25) is 0 Å². The van der Waals surface area contributed by atoms with Gasteiger partial charge in [0, 0.05) is 36.2 Å². The summed E-state index contributed by atoms with van der Waals surface area (Å²) in [6.07, 6.45) is 4.75. The summed E-state index contributed by atoms with van der Waals surface area (Å²) in [6.45, 7) is 6.90. The number of aromatic nitrogens is 1. The summed E-state index contributed by atoms with van der Waals surface area (Å²) in [4.78, 5) is 5.86. The zero-order valence-electron chi connectivity index (χ0n) is 11.7. The fraction of sp³-hybridized carbons (Fsp3) is 0.500. The SMILES string of the molecule is CC(CNCc1cccc2[nH]ccc12)N1CCCC1. The number of nitrogens with one attached hydrogen (secondary N) is 2. The van der Waals surface area contributed by atoms with Crippen LogP contribution in [0.3, 0.4) is 0 Å². The molecule has 2 N–H and O–H groups in total. The first-order chi connectivity index (χ1) is 9.34. The zero-order chi connectivity index (χ0) is 13.1. The van der Waals surface area contributed by atoms with E-state index in [4.69, 9.17) is 0 Å². The minimum absolute atomic E-state index is 0.646. The molecule has 1 aromatic heterocycles. The van der Waals surface area contributed by atoms with Crippen molar-refractivity contribution in [2.45, 2.75) is 32.4 Å². The minimum atomic E-state index is 0.646. The first-order valence-corrected chi connectivity index (χ1v) is 7.34. The molecule has 102 valence electrons. The Bertz CT molecular complexity index is 526. The van der Waals surface area contributed by atoms with E-state index in [0.29, 0.717) is 6.04 Å². The standard InChI is InChI=1S/C16H23N3/c1-13(19-9-2-3-10-19)11-17-12-14-5-4-6-16-15(14)7-8-18-16/h4-8,13,17-18H,2-3,9-12H2,1H3. The molecule has 19 heavy (non-hydrogen) atoms. The molecule has 0 amide bonds. The smallest absolute Gasteiger partial charge is 0.0457 e. The quantitative estimate of drug-likeness (QED) is 0.863. The molecule has 0 spiro atoms. The highest BCUT2D eigenvalue weighted by Gasteiger charge is 2.17. The maximum atomic E-state index is 3.60. The van der Waals surface area contributed by atoms with E-state index in [9.17, 15) is 0 Å². The van der Waals surface area contributed by atoms with Gasteiger partial charge in [-0.25, -0.2) is 0 Å². The molecule has 3 nitrogen and oxygen atoms in total. The Morgan fingerprint density at radius 1 is 1.26 bits per heavy atom. The van der Waals surface area contributed by atoms with E-state index >= 15 is 0 Å². The second-order valence-electron chi connectivity index (χ2n) is 5.58. The van der Waals surface area contributed by atoms with Crippen LogP contribution >= 0.6 is 0 Å². The minimum Gasteiger partial charge on any atom is -0.361 e. The monoisotopic (exact) mass is 257 g/mol. The molecule has 1 saturated heterocycles. The molecule has 1 aliphatic rings. The summed E-state index contributed by atoms with van der Waals surface area (Å²) in [5.41, 5.74) is 2.61. The van der Waals surface area contributed by atoms with Crippen molar-refractivity contribution in [3.05, 3.63) is 36.0 Å². The molecule has 1 atom stereocenters. The Hall–Kier alpha value is -1.32. The van der Waals surface area contributed by atoms with Crippen molar-refractivity contribution < 1.29 is 0 Å². The van der Waals surface area contributed by atoms with Crippen molar-refractivity contribution in [2.24, 2.45) is 0 Å². The Morgan fingerprint density at radius 3 is 2.95 bits per heavy atom. The van der Waals surface area contributed by atoms with Gasteiger partial charge in [0.15, 0.2) is 0 Å². The van der Waals surface area contributed by atoms with E-state index in [1.54, 1.807) is 0 Å². The molecule has 0 bridgehead atoms. The van der Waals surface area contributed by atoms with Crippen LogP contribution in [-0.2, 0) is 6.54 Å². The average molecular weight is 257 g/mol. The molecule has 2 heterocycles. The van der Waals surface area contributed by atoms with Crippen molar-refractivity contribution in [1.82, 2.24) is 15.2 Å². The zero-order valence-corrected chi connectivity index (χ0v) is 11.7. The van der Waals surface area contributed by atoms with Gasteiger partial charge in [0.2, 0.25) is 0 Å². The third-order valence-electron chi connectivity index (χ3n) is 4.20. The number of nitrogens with zero attached hydrogens (tertiary/aromatic N) is 1. The second kappa shape index (κ2) is 5.76. The van der Waals surface area contributed by atoms with Crippen LogP contribution in [0.4, 0.5) is 0 Å². The normalized spacial score (nSPS) is 18.2. The summed E-state index contributed by atoms with van der Waals surface area (Å²) in [5.74, 6) is 0. The van der Waals surface area contributed by atoms with Gasteiger partial charge in [-0.15, -0.1) is 0 Å². The molecular formula is C16H23N3. The van der Waals surface area contributed by atoms with Gasteiger partial charge in [0.25, 0.3) is 0 Å². The second-order valence-corrected chi connectivity index (χ2v) is 5.58. The van der Waals surface area contributed by atoms with Gasteiger partial charge in [0.1, 0.15) is 0 Å². The van der Waals surface area contributed by atoms with Crippen LogP contribution in [0, 0.1) is 0 Å². The Balaban J connectivity index is 1.55. The number of likely N-dealkylation sites (tertiary alicyclic amines) is 1. The van der Waals surface area contributed by atoms with Crippen molar-refractivity contribution >= 4 is 10.9 Å². The van der Waals surface area contributed by atoms with Gasteiger partial charge in [-0.1, -0.05) is 12.1 Å². The van der Waals surface area contributed by atoms with Gasteiger partial charge < -0.3 is 10.3 Å². The van der Waals surface area contributed by atoms with E-state index in [1.165, 1.54) is 42.4 Å². The van der Waals surface area contributed by atoms with Crippen LogP contribution in [0.5, 0.6) is 0 Å². The van der Waals surface area contributed by atoms with Crippen molar-refractivity contribution in [3.63, 3.8) is 0 Å². The largest absolute Gasteiger partial charge is 0.361 e. The lowest BCUT2D eigenvalue weighted by Crippen LogP contribution is -2.38. The lowest BCUT2D eigenvalue weighted by Gasteiger charge is -2.24. The van der Waals surface area contributed by atoms with E-state index in [1.807, 2.05) is 6.20 Å². The predicted molar refractivity (Wildman–Crippen MR) is 80.3 cm³/mol. The van der Waals surface area contributed by atoms with Gasteiger partial charge in [-0.3, -0.25) is 4.90 Å². The molecule has 0 radical (unpaired) electrons. The highest BCUT2D eigenvalue weighted by molar-refractivity contribution is 5.82. The summed E-state index contributed by atoms with van der Waals surface area (Å²) in [7, 11) is 0. The maximum Gasteiger partial charge on any atom is 0.0457 e. The molecule has 1 unspecified atom stereocenters. The van der Waals surface area contributed by atoms with E-state index in [2.05, 4.69) is 46.4 Å². The van der Waals surface area contributed by atoms with Gasteiger partial charge in [0.05, 0.1) is 0 Å². The average Bonchev–Trinajstić information content (AvgIpc) is 3.10. The lowest BCUT2D eigenvalue weighted by molar-refractivity contribution is 0.252. The number of aromatic amines is 1. The third-order valence-corrected chi connectivity index (χ3v) is 4.20. The lowest BCUT2D eigenvalue weighted by atomic mass is 10.1. The number of hydrogen-bond donors (Lipinski definition) is 2. The molecule has 1 aliphatic heterocycles. The van der Waals surface area contributed by atoms with Crippen LogP contribution in [0.15, 0.2) is 30.5 Å². The summed E-state index contributed by atoms with van der Waals surface area (Å²) in [5, 5.41) is 4.94. The fourth-order valence-electron chi connectivity index (χ4n) is 3.03. The predicted octanol–water partition coefficient (Wildman–Crippen LogP) is 2.74. The summed E-state index contributed by atoms with van der Waals surface area (Å²) < 4.78 is 0. The number of rotatable bonds is 5. The maximum absolute atomic E-state index is 3.60. The molecule has 1 aromatic carbocycles. The molecule has 3 heteroatoms. The highest BCUT2D eigenvalue weighted by atomic mass is 15.2. The third kappa shape index (κ3) is 2.82. The highest BCUT2D eigenvalue weighted by Crippen LogP contribution is 2.17. The number of fused-ring (bicyclic) bond motifs is 1. The molecular weight excluding hydrogens is 234 g/mol. The van der Waals surface area contributed by atoms with Gasteiger partial charge >= 0.3 is 0 Å². The van der Waals surface area contributed by atoms with Gasteiger partial charge in [-0.05, 0) is 50.6 Å². The van der Waals surface area contributed by atoms with Gasteiger partial charge in [-0.2, -0.15) is 0 Å². The van der Waals surface area contributed by atoms with Crippen LogP contribution in [0.25, 0.3) is 10.9 Å². The van der Waals surface area contributed by atoms with Crippen LogP contribution in [0.1, 0.15) is 25.3 Å². The topological polar surface area (TPSA) is 31.1 Å². The van der Waals surface area contributed by atoms with Crippen LogP contribution in [-0.4, -0.2) is 35.6 Å². The molecule has 1 fully saturated rings. The van der Waals surface area contributed by atoms with Crippen molar-refractivity contribution in [2.75, 3.05) is 19.6 Å². The first kappa shape index (κ1) is 12.7. The molecule has 3 rings (SSSR count). The number of benzene rings is 1. The number of H-pyrrole nitrogens is 1. The fourth-order valence-corrected chi connectivity index (χ4v) is 3.03. The number of hydrogen-bond acceptors (Lipinski definition) is 2. The molecule has 2 aromatic rings. The Morgan fingerprint density at radius 2 is 2.11 bits per heavy atom. The molecule has 0 saturated carbocycles. The van der Waals surface area contributed by atoms with Crippen molar-refractivity contribution in [3.8, 4) is 0 Å².